The number of benzene rings is 2. The smallest absolute Gasteiger partial charge is 0.274 e. The number of halogens is 1. The lowest BCUT2D eigenvalue weighted by molar-refractivity contribution is 0.0932. The molecule has 29 heavy (non-hydrogen) atoms. The molecule has 8 nitrogen and oxygen atoms in total. The van der Waals surface area contributed by atoms with Gasteiger partial charge in [-0.3, -0.25) is 4.79 Å². The Bertz CT molecular complexity index is 1050. The van der Waals surface area contributed by atoms with Crippen LogP contribution in [-0.4, -0.2) is 30.8 Å². The van der Waals surface area contributed by atoms with Crippen LogP contribution in [0.5, 0.6) is 0 Å². The summed E-state index contributed by atoms with van der Waals surface area (Å²) < 4.78 is 37.2. The van der Waals surface area contributed by atoms with Gasteiger partial charge in [0.25, 0.3) is 16.1 Å². The van der Waals surface area contributed by atoms with Crippen LogP contribution in [0.25, 0.3) is 11.0 Å². The van der Waals surface area contributed by atoms with Crippen LogP contribution in [0.1, 0.15) is 41.5 Å². The lowest BCUT2D eigenvalue weighted by atomic mass is 10.1. The van der Waals surface area contributed by atoms with Gasteiger partial charge in [-0.25, -0.2) is 19.2 Å². The number of unbranched alkanes of at least 4 members (excludes halogenated alkanes) is 1. The molecular weight excluding hydrogens is 397 g/mol. The van der Waals surface area contributed by atoms with E-state index in [0.29, 0.717) is 30.7 Å². The van der Waals surface area contributed by atoms with E-state index in [4.69, 9.17) is 5.14 Å². The summed E-state index contributed by atoms with van der Waals surface area (Å²) in [6, 6.07) is 12.4. The zero-order valence-corrected chi connectivity index (χ0v) is 16.4. The number of fused-ring (bicyclic) bond motifs is 1. The molecular formula is C19H22FN5O3S. The third kappa shape index (κ3) is 6.08. The van der Waals surface area contributed by atoms with Crippen LogP contribution >= 0.6 is 0 Å². The van der Waals surface area contributed by atoms with Crippen LogP contribution in [0.2, 0.25) is 0 Å². The van der Waals surface area contributed by atoms with Crippen LogP contribution in [0.15, 0.2) is 48.5 Å². The molecule has 0 radical (unpaired) electrons. The number of rotatable bonds is 9. The Morgan fingerprint density at radius 3 is 2.55 bits per heavy atom. The monoisotopic (exact) mass is 419 g/mol. The largest absolute Gasteiger partial charge is 0.342 e. The van der Waals surface area contributed by atoms with Crippen LogP contribution < -0.4 is 15.2 Å². The first-order valence-corrected chi connectivity index (χ1v) is 10.6. The Morgan fingerprint density at radius 1 is 1.14 bits per heavy atom. The molecule has 3 rings (SSSR count). The first-order valence-electron chi connectivity index (χ1n) is 9.10. The number of aromatic amines is 1. The highest BCUT2D eigenvalue weighted by atomic mass is 32.2. The number of nitrogens with two attached hydrogens (primary N) is 1. The molecule has 0 spiro atoms. The van der Waals surface area contributed by atoms with E-state index in [0.717, 1.165) is 11.0 Å². The van der Waals surface area contributed by atoms with E-state index in [1.807, 2.05) is 24.3 Å². The molecule has 1 heterocycles. The highest BCUT2D eigenvalue weighted by molar-refractivity contribution is 7.87. The van der Waals surface area contributed by atoms with Gasteiger partial charge in [-0.2, -0.15) is 8.42 Å². The van der Waals surface area contributed by atoms with E-state index >= 15 is 0 Å². The number of nitrogens with one attached hydrogen (secondary N) is 3. The lowest BCUT2D eigenvalue weighted by Crippen LogP contribution is -2.32. The molecule has 1 unspecified atom stereocenters. The predicted molar refractivity (Wildman–Crippen MR) is 108 cm³/mol. The topological polar surface area (TPSA) is 130 Å². The van der Waals surface area contributed by atoms with Crippen molar-refractivity contribution < 1.29 is 17.6 Å². The summed E-state index contributed by atoms with van der Waals surface area (Å²) in [5.41, 5.74) is 1.96. The maximum atomic E-state index is 13.1. The number of carbonyl (C=O) groups excluding carboxylic acids is 1. The number of nitrogens with zero attached hydrogens (tertiary/aromatic N) is 1. The third-order valence-corrected chi connectivity index (χ3v) is 4.98. The van der Waals surface area contributed by atoms with Crippen molar-refractivity contribution in [2.45, 2.75) is 25.3 Å². The number of aromatic nitrogens is 2. The van der Waals surface area contributed by atoms with Crippen molar-refractivity contribution >= 4 is 27.1 Å². The fraction of sp³-hybridized carbons (Fsp3) is 0.263. The zero-order valence-electron chi connectivity index (χ0n) is 15.6. The predicted octanol–water partition coefficient (Wildman–Crippen LogP) is 2.14. The number of para-hydroxylation sites is 2. The number of carbonyl (C=O) groups is 1. The maximum absolute atomic E-state index is 13.1. The van der Waals surface area contributed by atoms with E-state index < -0.39 is 22.1 Å². The highest BCUT2D eigenvalue weighted by Gasteiger charge is 2.19. The van der Waals surface area contributed by atoms with Crippen LogP contribution in [0.3, 0.4) is 0 Å². The van der Waals surface area contributed by atoms with Crippen molar-refractivity contribution in [3.63, 3.8) is 0 Å². The number of hydrogen-bond acceptors (Lipinski definition) is 4. The Hall–Kier alpha value is -2.82. The van der Waals surface area contributed by atoms with Crippen LogP contribution in [0, 0.1) is 5.82 Å². The molecule has 0 saturated heterocycles. The van der Waals surface area contributed by atoms with E-state index in [9.17, 15) is 17.6 Å². The molecule has 5 N–H and O–H groups in total. The number of amides is 1. The number of H-pyrrole nitrogens is 1. The minimum atomic E-state index is -3.72. The average molecular weight is 419 g/mol. The fourth-order valence-electron chi connectivity index (χ4n) is 2.95. The lowest BCUT2D eigenvalue weighted by Gasteiger charge is -2.17. The first-order chi connectivity index (χ1) is 13.8. The van der Waals surface area contributed by atoms with Gasteiger partial charge in [0.2, 0.25) is 0 Å². The van der Waals surface area contributed by atoms with E-state index in [2.05, 4.69) is 20.0 Å². The maximum Gasteiger partial charge on any atom is 0.274 e. The van der Waals surface area contributed by atoms with Gasteiger partial charge >= 0.3 is 0 Å². The SMILES string of the molecule is NS(=O)(=O)NCCCCC(NC(=O)c1ccc(F)cc1)c1nc2ccccc2[nH]1. The molecule has 2 aromatic carbocycles. The van der Waals surface area contributed by atoms with Crippen molar-refractivity contribution in [2.75, 3.05) is 6.54 Å². The highest BCUT2D eigenvalue weighted by Crippen LogP contribution is 2.21. The van der Waals surface area contributed by atoms with Crippen molar-refractivity contribution in [1.29, 1.82) is 0 Å². The van der Waals surface area contributed by atoms with Crippen molar-refractivity contribution in [1.82, 2.24) is 20.0 Å². The molecule has 0 aliphatic rings. The Kier molecular flexibility index (Phi) is 6.57. The number of hydrogen-bond donors (Lipinski definition) is 4. The van der Waals surface area contributed by atoms with Gasteiger partial charge in [0.15, 0.2) is 0 Å². The third-order valence-electron chi connectivity index (χ3n) is 4.37. The van der Waals surface area contributed by atoms with Gasteiger partial charge in [0.1, 0.15) is 11.6 Å². The van der Waals surface area contributed by atoms with Gasteiger partial charge < -0.3 is 10.3 Å². The molecule has 10 heteroatoms. The second-order valence-corrected chi connectivity index (χ2v) is 7.99. The van der Waals surface area contributed by atoms with Crippen LogP contribution in [-0.2, 0) is 10.2 Å². The van der Waals surface area contributed by atoms with E-state index in [1.54, 1.807) is 0 Å². The normalized spacial score (nSPS) is 12.8. The van der Waals surface area contributed by atoms with Crippen molar-refractivity contribution in [3.05, 3.63) is 65.7 Å². The summed E-state index contributed by atoms with van der Waals surface area (Å²) in [4.78, 5) is 20.4. The van der Waals surface area contributed by atoms with E-state index in [-0.39, 0.29) is 12.5 Å². The molecule has 154 valence electrons. The standard InChI is InChI=1S/C19H22FN5O3S/c20-14-10-8-13(9-11-14)19(26)25-17(7-3-4-12-22-29(21,27)28)18-23-15-5-1-2-6-16(15)24-18/h1-2,5-6,8-11,17,22H,3-4,7,12H2,(H,23,24)(H,25,26)(H2,21,27,28). The first kappa shape index (κ1) is 20.9. The molecule has 3 aromatic rings. The Morgan fingerprint density at radius 2 is 1.86 bits per heavy atom. The summed E-state index contributed by atoms with van der Waals surface area (Å²) in [6.07, 6.45) is 1.69. The quantitative estimate of drug-likeness (QED) is 0.396. The average Bonchev–Trinajstić information content (AvgIpc) is 3.10. The molecule has 0 saturated carbocycles. The van der Waals surface area contributed by atoms with E-state index in [1.165, 1.54) is 24.3 Å². The minimum Gasteiger partial charge on any atom is -0.342 e. The minimum absolute atomic E-state index is 0.206. The Labute approximate surface area is 167 Å². The Balaban J connectivity index is 1.71. The molecule has 0 aliphatic heterocycles. The molecule has 0 fully saturated rings. The number of imidazole rings is 1. The van der Waals surface area contributed by atoms with Crippen molar-refractivity contribution in [2.24, 2.45) is 5.14 Å². The van der Waals surface area contributed by atoms with Gasteiger partial charge in [0.05, 0.1) is 17.1 Å². The van der Waals surface area contributed by atoms with Gasteiger partial charge in [-0.05, 0) is 55.7 Å². The summed E-state index contributed by atoms with van der Waals surface area (Å²) in [6.45, 7) is 0.206. The second kappa shape index (κ2) is 9.12. The summed E-state index contributed by atoms with van der Waals surface area (Å²) in [5.74, 6) is -0.170. The fourth-order valence-corrected chi connectivity index (χ4v) is 3.37. The molecule has 0 bridgehead atoms. The molecule has 0 aliphatic carbocycles. The zero-order chi connectivity index (χ0) is 20.9. The van der Waals surface area contributed by atoms with Gasteiger partial charge in [-0.15, -0.1) is 0 Å². The second-order valence-electron chi connectivity index (χ2n) is 6.61. The summed E-state index contributed by atoms with van der Waals surface area (Å²) in [7, 11) is -3.72. The van der Waals surface area contributed by atoms with Gasteiger partial charge in [0, 0.05) is 12.1 Å². The van der Waals surface area contributed by atoms with Crippen molar-refractivity contribution in [3.8, 4) is 0 Å². The van der Waals surface area contributed by atoms with Crippen LogP contribution in [0.4, 0.5) is 4.39 Å². The summed E-state index contributed by atoms with van der Waals surface area (Å²) in [5, 5.41) is 7.83. The molecule has 1 amide bonds. The molecule has 1 atom stereocenters. The summed E-state index contributed by atoms with van der Waals surface area (Å²) >= 11 is 0. The van der Waals surface area contributed by atoms with Gasteiger partial charge in [-0.1, -0.05) is 12.1 Å². The molecule has 1 aromatic heterocycles.